The Balaban J connectivity index is 1.33. The average Bonchev–Trinajstić information content (AvgIpc) is 3.48. The molecule has 1 aliphatic carbocycles. The van der Waals surface area contributed by atoms with E-state index in [4.69, 9.17) is 0 Å². The first-order valence-electron chi connectivity index (χ1n) is 11.1. The van der Waals surface area contributed by atoms with E-state index in [1.54, 1.807) is 4.90 Å². The Morgan fingerprint density at radius 3 is 2.70 bits per heavy atom. The van der Waals surface area contributed by atoms with Crippen molar-refractivity contribution in [3.63, 3.8) is 0 Å². The van der Waals surface area contributed by atoms with Gasteiger partial charge in [0.2, 0.25) is 11.8 Å². The lowest BCUT2D eigenvalue weighted by atomic mass is 9.97. The first kappa shape index (κ1) is 19.7. The summed E-state index contributed by atoms with van der Waals surface area (Å²) in [6.45, 7) is 0.359. The van der Waals surface area contributed by atoms with Gasteiger partial charge in [0.25, 0.3) is 5.91 Å². The molecule has 2 aromatic carbocycles. The minimum Gasteiger partial charge on any atom is -0.322 e. The van der Waals surface area contributed by atoms with Gasteiger partial charge in [-0.1, -0.05) is 30.3 Å². The third-order valence-corrected chi connectivity index (χ3v) is 6.84. The van der Waals surface area contributed by atoms with Crippen LogP contribution in [0, 0.1) is 0 Å². The summed E-state index contributed by atoms with van der Waals surface area (Å²) in [5.74, 6) is -0.837. The molecule has 2 aliphatic heterocycles. The molecule has 1 saturated heterocycles. The number of rotatable bonds is 3. The predicted octanol–water partition coefficient (Wildman–Crippen LogP) is 2.94. The largest absolute Gasteiger partial charge is 0.322 e. The van der Waals surface area contributed by atoms with Crippen LogP contribution in [-0.2, 0) is 29.6 Å². The van der Waals surface area contributed by atoms with Gasteiger partial charge in [0.05, 0.1) is 11.9 Å². The number of carbonyl (C=O) groups is 3. The third kappa shape index (κ3) is 3.11. The Morgan fingerprint density at radius 2 is 1.88 bits per heavy atom. The molecule has 0 bridgehead atoms. The lowest BCUT2D eigenvalue weighted by Crippen LogP contribution is -2.52. The lowest BCUT2D eigenvalue weighted by molar-refractivity contribution is -0.136. The number of benzene rings is 2. The number of allylic oxidation sites excluding steroid dienone is 1. The predicted molar refractivity (Wildman–Crippen MR) is 123 cm³/mol. The second-order valence-corrected chi connectivity index (χ2v) is 8.85. The second kappa shape index (κ2) is 7.27. The summed E-state index contributed by atoms with van der Waals surface area (Å²) >= 11 is 0. The molecule has 1 N–H and O–H groups in total. The van der Waals surface area contributed by atoms with E-state index in [9.17, 15) is 14.4 Å². The van der Waals surface area contributed by atoms with E-state index in [-0.39, 0.29) is 18.2 Å². The number of carbonyl (C=O) groups excluding carboxylic acids is 3. The molecule has 0 radical (unpaired) electrons. The maximum atomic E-state index is 13.0. The Morgan fingerprint density at radius 1 is 1.03 bits per heavy atom. The summed E-state index contributed by atoms with van der Waals surface area (Å²) in [4.78, 5) is 38.4. The van der Waals surface area contributed by atoms with Crippen molar-refractivity contribution >= 4 is 29.4 Å². The fourth-order valence-corrected chi connectivity index (χ4v) is 5.20. The average molecular weight is 438 g/mol. The van der Waals surface area contributed by atoms with Gasteiger partial charge in [-0.3, -0.25) is 24.4 Å². The molecule has 33 heavy (non-hydrogen) atoms. The molecule has 7 heteroatoms. The number of amides is 3. The van der Waals surface area contributed by atoms with E-state index in [0.29, 0.717) is 18.5 Å². The lowest BCUT2D eigenvalue weighted by Gasteiger charge is -2.29. The highest BCUT2D eigenvalue weighted by molar-refractivity contribution is 6.05. The fourth-order valence-electron chi connectivity index (χ4n) is 5.20. The van der Waals surface area contributed by atoms with Crippen molar-refractivity contribution in [1.82, 2.24) is 20.0 Å². The van der Waals surface area contributed by atoms with Crippen LogP contribution in [0.5, 0.6) is 0 Å². The number of aryl methyl sites for hydroxylation is 1. The molecule has 164 valence electrons. The Labute approximate surface area is 190 Å². The molecule has 1 aromatic heterocycles. The van der Waals surface area contributed by atoms with Crippen molar-refractivity contribution < 1.29 is 14.4 Å². The number of hydrogen-bond acceptors (Lipinski definition) is 4. The number of nitrogens with zero attached hydrogens (tertiary/aromatic N) is 3. The van der Waals surface area contributed by atoms with Crippen LogP contribution in [0.2, 0.25) is 0 Å². The van der Waals surface area contributed by atoms with Gasteiger partial charge in [-0.25, -0.2) is 0 Å². The molecule has 0 spiro atoms. The summed E-state index contributed by atoms with van der Waals surface area (Å²) in [5, 5.41) is 6.88. The van der Waals surface area contributed by atoms with Gasteiger partial charge in [0.1, 0.15) is 6.04 Å². The zero-order valence-electron chi connectivity index (χ0n) is 18.2. The molecular formula is C26H22N4O3. The monoisotopic (exact) mass is 438 g/mol. The van der Waals surface area contributed by atoms with E-state index in [2.05, 4.69) is 34.7 Å². The molecule has 6 rings (SSSR count). The van der Waals surface area contributed by atoms with Gasteiger partial charge in [0.15, 0.2) is 0 Å². The minimum absolute atomic E-state index is 0.161. The molecular weight excluding hydrogens is 416 g/mol. The van der Waals surface area contributed by atoms with Gasteiger partial charge < -0.3 is 4.90 Å². The zero-order valence-corrected chi connectivity index (χ0v) is 18.2. The van der Waals surface area contributed by atoms with Crippen molar-refractivity contribution in [1.29, 1.82) is 0 Å². The van der Waals surface area contributed by atoms with E-state index >= 15 is 0 Å². The molecule has 3 amide bonds. The van der Waals surface area contributed by atoms with Crippen LogP contribution in [0.1, 0.15) is 45.6 Å². The highest BCUT2D eigenvalue weighted by Gasteiger charge is 2.39. The summed E-state index contributed by atoms with van der Waals surface area (Å²) in [7, 11) is 1.95. The van der Waals surface area contributed by atoms with Crippen LogP contribution in [0.15, 0.2) is 48.7 Å². The topological polar surface area (TPSA) is 84.3 Å². The van der Waals surface area contributed by atoms with Crippen molar-refractivity contribution in [3.8, 4) is 11.1 Å². The molecule has 7 nitrogen and oxygen atoms in total. The number of hydrogen-bond donors (Lipinski definition) is 1. The number of piperidine rings is 1. The second-order valence-electron chi connectivity index (χ2n) is 8.85. The normalized spacial score (nSPS) is 19.4. The van der Waals surface area contributed by atoms with Crippen LogP contribution >= 0.6 is 0 Å². The highest BCUT2D eigenvalue weighted by Crippen LogP contribution is 2.38. The molecule has 0 saturated carbocycles. The van der Waals surface area contributed by atoms with E-state index in [1.165, 1.54) is 16.7 Å². The molecule has 1 fully saturated rings. The quantitative estimate of drug-likeness (QED) is 0.638. The van der Waals surface area contributed by atoms with Crippen molar-refractivity contribution in [2.24, 2.45) is 7.05 Å². The first-order chi connectivity index (χ1) is 16.0. The number of fused-ring (bicyclic) bond motifs is 2. The van der Waals surface area contributed by atoms with Crippen LogP contribution in [0.4, 0.5) is 0 Å². The molecule has 3 aliphatic rings. The van der Waals surface area contributed by atoms with Gasteiger partial charge in [-0.05, 0) is 52.5 Å². The van der Waals surface area contributed by atoms with E-state index < -0.39 is 11.9 Å². The fraction of sp³-hybridized carbons (Fsp3) is 0.231. The minimum atomic E-state index is -0.609. The molecule has 1 atom stereocenters. The molecule has 3 heterocycles. The van der Waals surface area contributed by atoms with Crippen molar-refractivity contribution in [2.75, 3.05) is 0 Å². The third-order valence-electron chi connectivity index (χ3n) is 6.84. The smallest absolute Gasteiger partial charge is 0.255 e. The van der Waals surface area contributed by atoms with Crippen molar-refractivity contribution in [3.05, 3.63) is 76.6 Å². The van der Waals surface area contributed by atoms with Crippen LogP contribution in [0.25, 0.3) is 22.8 Å². The Kier molecular flexibility index (Phi) is 4.33. The number of imide groups is 1. The SMILES string of the molecule is Cn1ncc(-c2ccc3c(c2)CN(C2CCC(=O)NC2=O)C3=O)c1C1=Cc2ccccc2C1. The number of aromatic nitrogens is 2. The van der Waals surface area contributed by atoms with Crippen LogP contribution in [-0.4, -0.2) is 38.4 Å². The number of nitrogens with one attached hydrogen (secondary N) is 1. The maximum absolute atomic E-state index is 13.0. The van der Waals surface area contributed by atoms with E-state index in [1.807, 2.05) is 42.2 Å². The van der Waals surface area contributed by atoms with Gasteiger partial charge in [-0.15, -0.1) is 0 Å². The van der Waals surface area contributed by atoms with Gasteiger partial charge in [-0.2, -0.15) is 5.10 Å². The standard InChI is InChI=1S/C26H22N4O3/c1-29-24(18-10-15-4-2-3-5-16(15)11-18)21(13-27-29)17-6-7-20-19(12-17)14-30(26(20)33)22-8-9-23(31)28-25(22)32/h2-7,10,12-13,22H,8-9,11,14H2,1H3,(H,28,31,32). The van der Waals surface area contributed by atoms with E-state index in [0.717, 1.165) is 28.8 Å². The van der Waals surface area contributed by atoms with Crippen LogP contribution in [0.3, 0.4) is 0 Å². The van der Waals surface area contributed by atoms with Gasteiger partial charge in [0, 0.05) is 37.6 Å². The molecule has 1 unspecified atom stereocenters. The van der Waals surface area contributed by atoms with Crippen LogP contribution < -0.4 is 5.32 Å². The van der Waals surface area contributed by atoms with Gasteiger partial charge >= 0.3 is 0 Å². The summed E-state index contributed by atoms with van der Waals surface area (Å²) in [6, 6.07) is 13.6. The summed E-state index contributed by atoms with van der Waals surface area (Å²) in [5.41, 5.74) is 8.34. The Bertz CT molecular complexity index is 1380. The maximum Gasteiger partial charge on any atom is 0.255 e. The molecule has 3 aromatic rings. The highest BCUT2D eigenvalue weighted by atomic mass is 16.2. The zero-order chi connectivity index (χ0) is 22.7. The summed E-state index contributed by atoms with van der Waals surface area (Å²) in [6.07, 6.45) is 5.56. The first-order valence-corrected chi connectivity index (χ1v) is 11.1. The Hall–Kier alpha value is -4.00. The summed E-state index contributed by atoms with van der Waals surface area (Å²) < 4.78 is 1.90. The van der Waals surface area contributed by atoms with Crippen molar-refractivity contribution in [2.45, 2.75) is 31.8 Å².